The predicted molar refractivity (Wildman–Crippen MR) is 126 cm³/mol. The maximum atomic E-state index is 13.6. The Hall–Kier alpha value is -3.29. The van der Waals surface area contributed by atoms with Crippen LogP contribution >= 0.6 is 0 Å². The fourth-order valence-corrected chi connectivity index (χ4v) is 3.14. The second-order valence-corrected chi connectivity index (χ2v) is 7.86. The molecule has 33 heavy (non-hydrogen) atoms. The lowest BCUT2D eigenvalue weighted by atomic mass is 9.98. The maximum absolute atomic E-state index is 13.6. The van der Waals surface area contributed by atoms with Crippen LogP contribution in [0.3, 0.4) is 0 Å². The molecule has 2 N–H and O–H groups in total. The van der Waals surface area contributed by atoms with Crippen molar-refractivity contribution in [3.63, 3.8) is 0 Å². The third-order valence-corrected chi connectivity index (χ3v) is 5.30. The zero-order valence-electron chi connectivity index (χ0n) is 19.0. The SMILES string of the molecule is CCCCOc1ccc(Nc2ncc(C(F)(F)F)c(Nc3cccc(C(C)CC)c3)n2)cc1. The van der Waals surface area contributed by atoms with Crippen LogP contribution in [-0.4, -0.2) is 16.6 Å². The molecule has 3 aromatic rings. The van der Waals surface area contributed by atoms with Crippen molar-refractivity contribution in [3.05, 3.63) is 65.9 Å². The monoisotopic (exact) mass is 458 g/mol. The van der Waals surface area contributed by atoms with Crippen LogP contribution in [0.5, 0.6) is 5.75 Å². The van der Waals surface area contributed by atoms with Gasteiger partial charge in [0, 0.05) is 17.6 Å². The normalized spacial score (nSPS) is 12.3. The maximum Gasteiger partial charge on any atom is 0.421 e. The summed E-state index contributed by atoms with van der Waals surface area (Å²) in [6.07, 6.45) is -0.856. The molecule has 1 atom stereocenters. The molecule has 0 fully saturated rings. The van der Waals surface area contributed by atoms with E-state index in [9.17, 15) is 13.2 Å². The van der Waals surface area contributed by atoms with E-state index in [-0.39, 0.29) is 11.8 Å². The molecule has 2 aromatic carbocycles. The van der Waals surface area contributed by atoms with E-state index in [1.165, 1.54) is 0 Å². The van der Waals surface area contributed by atoms with Gasteiger partial charge in [-0.15, -0.1) is 0 Å². The van der Waals surface area contributed by atoms with Crippen molar-refractivity contribution in [1.29, 1.82) is 0 Å². The van der Waals surface area contributed by atoms with Crippen LogP contribution < -0.4 is 15.4 Å². The minimum Gasteiger partial charge on any atom is -0.494 e. The Morgan fingerprint density at radius 3 is 2.42 bits per heavy atom. The Morgan fingerprint density at radius 2 is 1.76 bits per heavy atom. The number of nitrogens with one attached hydrogen (secondary N) is 2. The van der Waals surface area contributed by atoms with Crippen LogP contribution in [0.25, 0.3) is 0 Å². The largest absolute Gasteiger partial charge is 0.494 e. The van der Waals surface area contributed by atoms with Gasteiger partial charge in [0.2, 0.25) is 5.95 Å². The van der Waals surface area contributed by atoms with E-state index >= 15 is 0 Å². The van der Waals surface area contributed by atoms with Gasteiger partial charge in [0.25, 0.3) is 0 Å². The zero-order valence-corrected chi connectivity index (χ0v) is 19.0. The fourth-order valence-electron chi connectivity index (χ4n) is 3.14. The molecule has 0 saturated carbocycles. The number of anilines is 4. The van der Waals surface area contributed by atoms with Crippen molar-refractivity contribution in [1.82, 2.24) is 9.97 Å². The van der Waals surface area contributed by atoms with Gasteiger partial charge in [-0.1, -0.05) is 39.3 Å². The predicted octanol–water partition coefficient (Wildman–Crippen LogP) is 7.68. The van der Waals surface area contributed by atoms with E-state index in [0.717, 1.165) is 36.8 Å². The Bertz CT molecular complexity index is 1040. The lowest BCUT2D eigenvalue weighted by Crippen LogP contribution is -2.12. The third kappa shape index (κ3) is 6.84. The Kier molecular flexibility index (Phi) is 8.14. The second kappa shape index (κ2) is 11.0. The molecule has 0 bridgehead atoms. The quantitative estimate of drug-likeness (QED) is 0.305. The molecule has 0 amide bonds. The summed E-state index contributed by atoms with van der Waals surface area (Å²) in [5.74, 6) is 0.778. The first-order chi connectivity index (χ1) is 15.8. The molecule has 1 aromatic heterocycles. The first-order valence-corrected chi connectivity index (χ1v) is 11.1. The van der Waals surface area contributed by atoms with Crippen molar-refractivity contribution in [2.75, 3.05) is 17.2 Å². The van der Waals surface area contributed by atoms with Gasteiger partial charge in [-0.05, 0) is 60.7 Å². The van der Waals surface area contributed by atoms with Gasteiger partial charge in [-0.25, -0.2) is 4.98 Å². The van der Waals surface area contributed by atoms with Crippen LogP contribution in [0.2, 0.25) is 0 Å². The van der Waals surface area contributed by atoms with Crippen molar-refractivity contribution in [2.45, 2.75) is 52.1 Å². The molecule has 0 aliphatic rings. The molecule has 0 aliphatic carbocycles. The topological polar surface area (TPSA) is 59.1 Å². The highest BCUT2D eigenvalue weighted by atomic mass is 19.4. The van der Waals surface area contributed by atoms with E-state index in [0.29, 0.717) is 23.9 Å². The van der Waals surface area contributed by atoms with Crippen LogP contribution in [-0.2, 0) is 6.18 Å². The molecule has 0 aliphatic heterocycles. The molecule has 3 rings (SSSR count). The first-order valence-electron chi connectivity index (χ1n) is 11.1. The van der Waals surface area contributed by atoms with Crippen LogP contribution in [0.4, 0.5) is 36.3 Å². The number of alkyl halides is 3. The van der Waals surface area contributed by atoms with E-state index in [1.54, 1.807) is 30.3 Å². The lowest BCUT2D eigenvalue weighted by Gasteiger charge is -2.16. The number of hydrogen-bond acceptors (Lipinski definition) is 5. The smallest absolute Gasteiger partial charge is 0.421 e. The highest BCUT2D eigenvalue weighted by Gasteiger charge is 2.35. The number of nitrogens with zero attached hydrogens (tertiary/aromatic N) is 2. The number of unbranched alkanes of at least 4 members (excludes halogenated alkanes) is 1. The van der Waals surface area contributed by atoms with Gasteiger partial charge in [0.15, 0.2) is 0 Å². The molecule has 5 nitrogen and oxygen atoms in total. The number of ether oxygens (including phenoxy) is 1. The van der Waals surface area contributed by atoms with Crippen LogP contribution in [0.15, 0.2) is 54.7 Å². The number of benzene rings is 2. The van der Waals surface area contributed by atoms with Crippen molar-refractivity contribution in [2.24, 2.45) is 0 Å². The summed E-state index contributed by atoms with van der Waals surface area (Å²) in [6, 6.07) is 14.5. The van der Waals surface area contributed by atoms with Crippen LogP contribution in [0, 0.1) is 0 Å². The molecule has 0 spiro atoms. The summed E-state index contributed by atoms with van der Waals surface area (Å²) in [4.78, 5) is 7.99. The van der Waals surface area contributed by atoms with Gasteiger partial charge in [0.1, 0.15) is 17.1 Å². The number of halogens is 3. The number of hydrogen-bond donors (Lipinski definition) is 2. The molecule has 0 saturated heterocycles. The van der Waals surface area contributed by atoms with Gasteiger partial charge in [-0.2, -0.15) is 18.2 Å². The molecule has 0 radical (unpaired) electrons. The third-order valence-electron chi connectivity index (χ3n) is 5.30. The summed E-state index contributed by atoms with van der Waals surface area (Å²) in [6.45, 7) is 6.87. The van der Waals surface area contributed by atoms with Gasteiger partial charge in [0.05, 0.1) is 6.61 Å². The number of aromatic nitrogens is 2. The summed E-state index contributed by atoms with van der Waals surface area (Å²) < 4.78 is 46.4. The zero-order chi connectivity index (χ0) is 23.8. The summed E-state index contributed by atoms with van der Waals surface area (Å²) in [5, 5.41) is 5.79. The van der Waals surface area contributed by atoms with E-state index in [4.69, 9.17) is 4.74 Å². The van der Waals surface area contributed by atoms with E-state index < -0.39 is 11.7 Å². The minimum atomic E-state index is -4.59. The van der Waals surface area contributed by atoms with Gasteiger partial charge in [-0.3, -0.25) is 0 Å². The molecule has 1 heterocycles. The molecule has 8 heteroatoms. The Balaban J connectivity index is 1.82. The van der Waals surface area contributed by atoms with Crippen LogP contribution in [0.1, 0.15) is 57.1 Å². The van der Waals surface area contributed by atoms with Gasteiger partial charge >= 0.3 is 6.18 Å². The second-order valence-electron chi connectivity index (χ2n) is 7.86. The molecular weight excluding hydrogens is 429 g/mol. The Labute approximate surface area is 192 Å². The minimum absolute atomic E-state index is 0.0585. The lowest BCUT2D eigenvalue weighted by molar-refractivity contribution is -0.137. The summed E-state index contributed by atoms with van der Waals surface area (Å²) >= 11 is 0. The van der Waals surface area contributed by atoms with Crippen molar-refractivity contribution in [3.8, 4) is 5.75 Å². The fraction of sp³-hybridized carbons (Fsp3) is 0.360. The highest BCUT2D eigenvalue weighted by Crippen LogP contribution is 2.36. The van der Waals surface area contributed by atoms with Crippen molar-refractivity contribution < 1.29 is 17.9 Å². The first kappa shape index (κ1) is 24.4. The molecule has 176 valence electrons. The average molecular weight is 459 g/mol. The molecular formula is C25H29F3N4O. The summed E-state index contributed by atoms with van der Waals surface area (Å²) in [5.41, 5.74) is 1.30. The highest BCUT2D eigenvalue weighted by molar-refractivity contribution is 5.63. The van der Waals surface area contributed by atoms with Gasteiger partial charge < -0.3 is 15.4 Å². The summed E-state index contributed by atoms with van der Waals surface area (Å²) in [7, 11) is 0. The molecule has 1 unspecified atom stereocenters. The average Bonchev–Trinajstić information content (AvgIpc) is 2.79. The van der Waals surface area contributed by atoms with E-state index in [1.807, 2.05) is 18.2 Å². The standard InChI is InChI=1S/C25H29F3N4O/c1-4-6-14-33-21-12-10-19(11-13-21)31-24-29-16-22(25(26,27)28)23(32-24)30-20-9-7-8-18(15-20)17(3)5-2/h7-13,15-17H,4-6,14H2,1-3H3,(H2,29,30,31,32). The Morgan fingerprint density at radius 1 is 1.00 bits per heavy atom. The number of rotatable bonds is 10. The van der Waals surface area contributed by atoms with Crippen molar-refractivity contribution >= 4 is 23.1 Å². The van der Waals surface area contributed by atoms with E-state index in [2.05, 4.69) is 41.4 Å².